The lowest BCUT2D eigenvalue weighted by molar-refractivity contribution is 0.670. The first-order chi connectivity index (χ1) is 30.7. The van der Waals surface area contributed by atoms with Crippen LogP contribution in [0.3, 0.4) is 0 Å². The van der Waals surface area contributed by atoms with Crippen LogP contribution in [0.5, 0.6) is 0 Å². The number of aromatic nitrogens is 7. The molecule has 0 spiro atoms. The van der Waals surface area contributed by atoms with Gasteiger partial charge in [0.05, 0.1) is 16.6 Å². The van der Waals surface area contributed by atoms with Gasteiger partial charge in [-0.15, -0.1) is 0 Å². The summed E-state index contributed by atoms with van der Waals surface area (Å²) in [6.45, 7) is 0. The molecule has 13 rings (SSSR count). The minimum absolute atomic E-state index is 0.569. The van der Waals surface area contributed by atoms with Crippen LogP contribution in [-0.2, 0) is 0 Å². The molecule has 0 bridgehead atoms. The van der Waals surface area contributed by atoms with Crippen molar-refractivity contribution in [2.45, 2.75) is 0 Å². The number of rotatable bonds is 6. The summed E-state index contributed by atoms with van der Waals surface area (Å²) in [7, 11) is 0. The third-order valence-electron chi connectivity index (χ3n) is 11.9. The van der Waals surface area contributed by atoms with Crippen LogP contribution in [0.25, 0.3) is 117 Å². The van der Waals surface area contributed by atoms with Crippen molar-refractivity contribution >= 4 is 60.8 Å². The van der Waals surface area contributed by atoms with Crippen LogP contribution in [-0.4, -0.2) is 33.5 Å². The molecule has 8 heteroatoms. The number of furan rings is 1. The Kier molecular flexibility index (Phi) is 7.43. The standard InChI is InChI=1S/C54H33N7O/c1-4-15-35(16-5-1)50-56-51(36-29-27-34(28-30-36)40-23-14-24-42-41-21-11-13-26-47(41)62-49(40)42)58-52(57-50)37-31-32-46-44(33-37)55-54-60(39-19-8-3-9-20-39)48-43-22-10-12-25-45(43)59(53(48)61(46)54)38-17-6-2-7-18-38/h1-33H. The van der Waals surface area contributed by atoms with Crippen molar-refractivity contribution in [1.29, 1.82) is 0 Å². The summed E-state index contributed by atoms with van der Waals surface area (Å²) in [4.78, 5) is 20.7. The van der Waals surface area contributed by atoms with Crippen molar-refractivity contribution in [1.82, 2.24) is 33.5 Å². The van der Waals surface area contributed by atoms with E-state index < -0.39 is 0 Å². The van der Waals surface area contributed by atoms with E-state index >= 15 is 0 Å². The molecule has 0 saturated heterocycles. The molecule has 0 fully saturated rings. The van der Waals surface area contributed by atoms with Crippen molar-refractivity contribution in [3.05, 3.63) is 200 Å². The summed E-state index contributed by atoms with van der Waals surface area (Å²) in [6, 6.07) is 68.9. The number of hydrogen-bond acceptors (Lipinski definition) is 5. The van der Waals surface area contributed by atoms with E-state index in [9.17, 15) is 0 Å². The van der Waals surface area contributed by atoms with Gasteiger partial charge in [-0.25, -0.2) is 19.9 Å². The topological polar surface area (TPSA) is 79.0 Å². The second kappa shape index (κ2) is 13.5. The maximum absolute atomic E-state index is 6.37. The van der Waals surface area contributed by atoms with E-state index in [2.05, 4.69) is 159 Å². The maximum atomic E-state index is 6.37. The summed E-state index contributed by atoms with van der Waals surface area (Å²) in [5.74, 6) is 2.58. The van der Waals surface area contributed by atoms with E-state index in [0.717, 1.165) is 100 Å². The molecule has 0 radical (unpaired) electrons. The lowest BCUT2D eigenvalue weighted by Crippen LogP contribution is -2.00. The van der Waals surface area contributed by atoms with E-state index in [-0.39, 0.29) is 0 Å². The number of benzene rings is 8. The van der Waals surface area contributed by atoms with Gasteiger partial charge in [0.1, 0.15) is 16.7 Å². The molecule has 0 unspecified atom stereocenters. The first-order valence-electron chi connectivity index (χ1n) is 20.6. The van der Waals surface area contributed by atoms with Crippen LogP contribution in [0.1, 0.15) is 0 Å². The number of para-hydroxylation sites is 5. The Hall–Kier alpha value is -8.62. The lowest BCUT2D eigenvalue weighted by atomic mass is 10.0. The van der Waals surface area contributed by atoms with E-state index in [1.165, 1.54) is 0 Å². The number of nitrogens with zero attached hydrogens (tertiary/aromatic N) is 7. The molecule has 62 heavy (non-hydrogen) atoms. The molecule has 0 aliphatic carbocycles. The van der Waals surface area contributed by atoms with Crippen LogP contribution in [0.4, 0.5) is 0 Å². The summed E-state index contributed by atoms with van der Waals surface area (Å²) in [5.41, 5.74) is 13.7. The minimum atomic E-state index is 0.569. The minimum Gasteiger partial charge on any atom is -0.455 e. The van der Waals surface area contributed by atoms with Gasteiger partial charge in [0.15, 0.2) is 23.1 Å². The van der Waals surface area contributed by atoms with Gasteiger partial charge in [-0.3, -0.25) is 13.5 Å². The van der Waals surface area contributed by atoms with Crippen molar-refractivity contribution in [2.75, 3.05) is 0 Å². The van der Waals surface area contributed by atoms with E-state index in [0.29, 0.717) is 17.5 Å². The fourth-order valence-corrected chi connectivity index (χ4v) is 9.09. The zero-order valence-electron chi connectivity index (χ0n) is 33.1. The average molecular weight is 796 g/mol. The van der Waals surface area contributed by atoms with Gasteiger partial charge in [0.2, 0.25) is 5.78 Å². The van der Waals surface area contributed by atoms with Gasteiger partial charge in [-0.1, -0.05) is 146 Å². The van der Waals surface area contributed by atoms with Crippen LogP contribution in [0.2, 0.25) is 0 Å². The monoisotopic (exact) mass is 795 g/mol. The van der Waals surface area contributed by atoms with Gasteiger partial charge in [0.25, 0.3) is 0 Å². The zero-order valence-corrected chi connectivity index (χ0v) is 33.1. The van der Waals surface area contributed by atoms with E-state index in [4.69, 9.17) is 24.4 Å². The van der Waals surface area contributed by atoms with Crippen molar-refractivity contribution in [3.8, 4) is 56.7 Å². The highest BCUT2D eigenvalue weighted by Gasteiger charge is 2.25. The maximum Gasteiger partial charge on any atom is 0.221 e. The summed E-state index contributed by atoms with van der Waals surface area (Å²) in [6.07, 6.45) is 0. The fourth-order valence-electron chi connectivity index (χ4n) is 9.09. The molecule has 13 aromatic rings. The predicted octanol–water partition coefficient (Wildman–Crippen LogP) is 13.1. The first kappa shape index (κ1) is 34.3. The van der Waals surface area contributed by atoms with Gasteiger partial charge in [-0.2, -0.15) is 0 Å². The van der Waals surface area contributed by atoms with Gasteiger partial charge in [0, 0.05) is 49.8 Å². The Labute approximate surface area is 354 Å². The van der Waals surface area contributed by atoms with Gasteiger partial charge >= 0.3 is 0 Å². The Balaban J connectivity index is 0.987. The van der Waals surface area contributed by atoms with Gasteiger partial charge in [-0.05, 0) is 60.2 Å². The fraction of sp³-hybridized carbons (Fsp3) is 0. The number of imidazole rings is 2. The molecule has 0 saturated carbocycles. The van der Waals surface area contributed by atoms with Crippen molar-refractivity contribution < 1.29 is 4.42 Å². The molecule has 5 heterocycles. The number of fused-ring (bicyclic) bond motifs is 10. The number of hydrogen-bond donors (Lipinski definition) is 0. The molecule has 8 aromatic carbocycles. The third kappa shape index (κ3) is 5.20. The van der Waals surface area contributed by atoms with Crippen molar-refractivity contribution in [2.24, 2.45) is 0 Å². The molecule has 0 N–H and O–H groups in total. The molecule has 8 nitrogen and oxygen atoms in total. The second-order valence-electron chi connectivity index (χ2n) is 15.5. The Bertz CT molecular complexity index is 3840. The molecule has 0 aliphatic rings. The predicted molar refractivity (Wildman–Crippen MR) is 249 cm³/mol. The lowest BCUT2D eigenvalue weighted by Gasteiger charge is -2.09. The summed E-state index contributed by atoms with van der Waals surface area (Å²) in [5, 5.41) is 3.36. The molecule has 0 atom stereocenters. The highest BCUT2D eigenvalue weighted by atomic mass is 16.3. The molecule has 290 valence electrons. The highest BCUT2D eigenvalue weighted by Crippen LogP contribution is 2.40. The van der Waals surface area contributed by atoms with E-state index in [1.54, 1.807) is 0 Å². The Morgan fingerprint density at radius 3 is 1.69 bits per heavy atom. The smallest absolute Gasteiger partial charge is 0.221 e. The van der Waals surface area contributed by atoms with Crippen molar-refractivity contribution in [3.63, 3.8) is 0 Å². The quantitative estimate of drug-likeness (QED) is 0.167. The average Bonchev–Trinajstić information content (AvgIpc) is 4.09. The third-order valence-corrected chi connectivity index (χ3v) is 11.9. The Morgan fingerprint density at radius 2 is 0.952 bits per heavy atom. The second-order valence-corrected chi connectivity index (χ2v) is 15.5. The molecule has 5 aromatic heterocycles. The molecule has 0 amide bonds. The highest BCUT2D eigenvalue weighted by molar-refractivity contribution is 6.11. The van der Waals surface area contributed by atoms with Crippen LogP contribution < -0.4 is 0 Å². The molecular formula is C54H33N7O. The van der Waals surface area contributed by atoms with E-state index in [1.807, 2.05) is 54.6 Å². The SMILES string of the molecule is c1ccc(-c2nc(-c3ccc(-c4cccc5c4oc4ccccc45)cc3)nc(-c3ccc4c(c3)nc3n(-c5ccccc5)c5c6ccccc6n(-c6ccccc6)c5n43)n2)cc1. The molecular weight excluding hydrogens is 763 g/mol. The van der Waals surface area contributed by atoms with Crippen LogP contribution >= 0.6 is 0 Å². The normalized spacial score (nSPS) is 11.9. The van der Waals surface area contributed by atoms with Crippen LogP contribution in [0.15, 0.2) is 205 Å². The molecule has 0 aliphatic heterocycles. The summed E-state index contributed by atoms with van der Waals surface area (Å²) >= 11 is 0. The summed E-state index contributed by atoms with van der Waals surface area (Å²) < 4.78 is 13.3. The van der Waals surface area contributed by atoms with Crippen LogP contribution in [0, 0.1) is 0 Å². The zero-order chi connectivity index (χ0) is 40.7. The largest absolute Gasteiger partial charge is 0.455 e. The van der Waals surface area contributed by atoms with Gasteiger partial charge < -0.3 is 4.42 Å². The first-order valence-corrected chi connectivity index (χ1v) is 20.6. The Morgan fingerprint density at radius 1 is 0.387 bits per heavy atom.